The number of ether oxygens (including phenoxy) is 4. The first kappa shape index (κ1) is 46.0. The number of nitrogens with zero attached hydrogens (tertiary/aromatic N) is 1. The van der Waals surface area contributed by atoms with Crippen molar-refractivity contribution in [3.63, 3.8) is 0 Å². The van der Waals surface area contributed by atoms with Crippen LogP contribution >= 0.6 is 0 Å². The summed E-state index contributed by atoms with van der Waals surface area (Å²) >= 11 is 0. The largest absolute Gasteiger partial charge is 0.456 e. The van der Waals surface area contributed by atoms with Gasteiger partial charge in [0.15, 0.2) is 0 Å². The van der Waals surface area contributed by atoms with Gasteiger partial charge in [-0.15, -0.1) is 6.58 Å². The fourth-order valence-corrected chi connectivity index (χ4v) is 9.45. The molecule has 0 aromatic rings. The normalized spacial score (nSPS) is 41.5. The minimum Gasteiger partial charge on any atom is -0.456 e. The molecule has 2 saturated heterocycles. The van der Waals surface area contributed by atoms with E-state index < -0.39 is 77.8 Å². The molecule has 1 amide bonds. The molecule has 1 saturated carbocycles. The first-order valence-corrected chi connectivity index (χ1v) is 20.8. The molecule has 316 valence electrons. The van der Waals surface area contributed by atoms with Crippen LogP contribution in [0.1, 0.15) is 112 Å². The van der Waals surface area contributed by atoms with Gasteiger partial charge >= 0.3 is 5.97 Å². The average molecular weight is 788 g/mol. The first-order chi connectivity index (χ1) is 26.4. The van der Waals surface area contributed by atoms with Gasteiger partial charge in [0.05, 0.1) is 24.4 Å². The van der Waals surface area contributed by atoms with E-state index in [9.17, 15) is 34.5 Å². The van der Waals surface area contributed by atoms with E-state index in [1.807, 2.05) is 39.8 Å². The number of piperidine rings is 1. The molecule has 4 aliphatic rings. The molecule has 3 heterocycles. The highest BCUT2D eigenvalue weighted by atomic mass is 16.7. The van der Waals surface area contributed by atoms with Crippen molar-refractivity contribution < 1.29 is 53.4 Å². The highest BCUT2D eigenvalue weighted by Gasteiger charge is 2.56. The Balaban J connectivity index is 1.78. The number of fused-ring (bicyclic) bond motifs is 3. The lowest BCUT2D eigenvalue weighted by atomic mass is 9.78. The van der Waals surface area contributed by atoms with E-state index in [4.69, 9.17) is 18.9 Å². The maximum absolute atomic E-state index is 14.3. The van der Waals surface area contributed by atoms with Gasteiger partial charge in [-0.25, -0.2) is 4.79 Å². The maximum Gasteiger partial charge on any atom is 0.329 e. The molecule has 3 aliphatic heterocycles. The van der Waals surface area contributed by atoms with Crippen LogP contribution in [-0.2, 0) is 38.1 Å². The van der Waals surface area contributed by atoms with E-state index in [2.05, 4.69) is 6.58 Å². The second-order valence-electron chi connectivity index (χ2n) is 17.5. The number of ketones is 2. The van der Waals surface area contributed by atoms with Gasteiger partial charge in [0.2, 0.25) is 5.79 Å². The van der Waals surface area contributed by atoms with E-state index >= 15 is 0 Å². The predicted molar refractivity (Wildman–Crippen MR) is 211 cm³/mol. The Labute approximate surface area is 334 Å². The number of carbonyl (C=O) groups is 4. The summed E-state index contributed by atoms with van der Waals surface area (Å²) in [5, 5.41) is 34.1. The molecule has 4 rings (SSSR count). The molecular formula is C44H69NO11. The third-order valence-electron chi connectivity index (χ3n) is 12.9. The van der Waals surface area contributed by atoms with Gasteiger partial charge in [-0.1, -0.05) is 51.5 Å². The van der Waals surface area contributed by atoms with Crippen LogP contribution in [0.4, 0.5) is 0 Å². The third kappa shape index (κ3) is 10.8. The van der Waals surface area contributed by atoms with Gasteiger partial charge in [0, 0.05) is 44.9 Å². The van der Waals surface area contributed by atoms with Crippen LogP contribution in [0, 0.1) is 35.5 Å². The topological polar surface area (TPSA) is 169 Å². The Kier molecular flexibility index (Phi) is 16.7. The van der Waals surface area contributed by atoms with Crippen LogP contribution in [0.25, 0.3) is 0 Å². The molecular weight excluding hydrogens is 718 g/mol. The van der Waals surface area contributed by atoms with Gasteiger partial charge in [-0.2, -0.15) is 0 Å². The Morgan fingerprint density at radius 2 is 1.64 bits per heavy atom. The number of hydrogen-bond acceptors (Lipinski definition) is 11. The fraction of sp³-hybridized carbons (Fsp3) is 0.773. The highest BCUT2D eigenvalue weighted by Crippen LogP contribution is 2.39. The van der Waals surface area contributed by atoms with Gasteiger partial charge < -0.3 is 39.2 Å². The molecule has 1 aliphatic carbocycles. The van der Waals surface area contributed by atoms with Crippen LogP contribution in [0.15, 0.2) is 36.0 Å². The molecule has 2 bridgehead atoms. The third-order valence-corrected chi connectivity index (χ3v) is 12.9. The second kappa shape index (κ2) is 20.3. The lowest BCUT2D eigenvalue weighted by Crippen LogP contribution is -2.64. The zero-order valence-corrected chi connectivity index (χ0v) is 35.0. The Bertz CT molecular complexity index is 1460. The lowest BCUT2D eigenvalue weighted by Gasteiger charge is -2.47. The highest BCUT2D eigenvalue weighted by molar-refractivity contribution is 6.39. The summed E-state index contributed by atoms with van der Waals surface area (Å²) in [5.41, 5.74) is 1.67. The molecule has 56 heavy (non-hydrogen) atoms. The Morgan fingerprint density at radius 3 is 2.29 bits per heavy atom. The summed E-state index contributed by atoms with van der Waals surface area (Å²) in [6.45, 7) is 15.2. The van der Waals surface area contributed by atoms with E-state index in [1.54, 1.807) is 19.9 Å². The molecule has 0 spiro atoms. The molecule has 0 aromatic carbocycles. The lowest BCUT2D eigenvalue weighted by molar-refractivity contribution is -0.302. The second-order valence-corrected chi connectivity index (χ2v) is 17.5. The number of esters is 1. The van der Waals surface area contributed by atoms with Gasteiger partial charge in [0.1, 0.15) is 24.0 Å². The van der Waals surface area contributed by atoms with Gasteiger partial charge in [0.25, 0.3) is 11.7 Å². The molecule has 0 aromatic heterocycles. The van der Waals surface area contributed by atoms with Crippen molar-refractivity contribution in [1.82, 2.24) is 4.90 Å². The van der Waals surface area contributed by atoms with Crippen LogP contribution in [-0.4, -0.2) is 113 Å². The maximum atomic E-state index is 14.3. The van der Waals surface area contributed by atoms with E-state index in [0.29, 0.717) is 44.1 Å². The monoisotopic (exact) mass is 787 g/mol. The number of aliphatic hydroxyl groups is 3. The SMILES string of the molecule is C=CC[C@@H]1/C=C(\C)C[C@H](C)C[C@H](OC)C2OC(O)(C(=O)C(=O)N3CCCCC3C(=O)O[C@H](/C(C)=C/C3CC[C@@H](O)C(C)C3)[C@H](C)C(O)CC1=O)C(C)CC2OC. The summed E-state index contributed by atoms with van der Waals surface area (Å²) in [6.07, 6.45) is 6.14. The van der Waals surface area contributed by atoms with Crippen molar-refractivity contribution in [2.75, 3.05) is 20.8 Å². The Hall–Kier alpha value is -2.74. The van der Waals surface area contributed by atoms with Crippen molar-refractivity contribution in [2.24, 2.45) is 35.5 Å². The number of cyclic esters (lactones) is 1. The minimum absolute atomic E-state index is 0.0180. The van der Waals surface area contributed by atoms with E-state index in [0.717, 1.165) is 18.4 Å². The van der Waals surface area contributed by atoms with Crippen molar-refractivity contribution >= 4 is 23.4 Å². The van der Waals surface area contributed by atoms with Crippen molar-refractivity contribution in [2.45, 2.75) is 161 Å². The van der Waals surface area contributed by atoms with Gasteiger partial charge in [-0.3, -0.25) is 14.4 Å². The van der Waals surface area contributed by atoms with Crippen molar-refractivity contribution in [3.05, 3.63) is 36.0 Å². The number of methoxy groups -OCH3 is 2. The smallest absolute Gasteiger partial charge is 0.329 e. The Morgan fingerprint density at radius 1 is 0.964 bits per heavy atom. The first-order valence-electron chi connectivity index (χ1n) is 20.8. The van der Waals surface area contributed by atoms with Crippen LogP contribution in [0.3, 0.4) is 0 Å². The number of Topliss-reactive ketones (excluding diaryl/α,β-unsaturated/α-hetero) is 2. The van der Waals surface area contributed by atoms with E-state index in [1.165, 1.54) is 19.1 Å². The quantitative estimate of drug-likeness (QED) is 0.183. The van der Waals surface area contributed by atoms with E-state index in [-0.39, 0.29) is 55.4 Å². The number of hydrogen-bond donors (Lipinski definition) is 3. The zero-order chi connectivity index (χ0) is 41.5. The summed E-state index contributed by atoms with van der Waals surface area (Å²) < 4.78 is 24.2. The molecule has 3 N–H and O–H groups in total. The van der Waals surface area contributed by atoms with Crippen LogP contribution in [0.5, 0.6) is 0 Å². The molecule has 3 fully saturated rings. The molecule has 0 radical (unpaired) electrons. The number of aliphatic hydroxyl groups excluding tert-OH is 2. The molecule has 12 nitrogen and oxygen atoms in total. The van der Waals surface area contributed by atoms with Gasteiger partial charge in [-0.05, 0) is 101 Å². The molecule has 14 atom stereocenters. The summed E-state index contributed by atoms with van der Waals surface area (Å²) in [7, 11) is 3.06. The number of allylic oxidation sites excluding steroid dienone is 4. The van der Waals surface area contributed by atoms with Crippen LogP contribution < -0.4 is 0 Å². The van der Waals surface area contributed by atoms with Crippen molar-refractivity contribution in [1.29, 1.82) is 0 Å². The number of amides is 1. The number of rotatable bonds is 6. The minimum atomic E-state index is -2.50. The summed E-state index contributed by atoms with van der Waals surface area (Å²) in [5.74, 6) is -7.42. The standard InChI is InChI=1S/C44H69NO11/c1-10-13-32-19-25(2)18-26(3)20-37(53-8)40-38(54-9)23-29(6)44(52,56-40)41(49)42(50)45-17-12-11-14-33(45)43(51)55-39(30(7)35(47)24-36(32)48)28(5)22-31-15-16-34(46)27(4)21-31/h10,19,22,26-27,29-35,37-40,46-47,52H,1,11-18,20-21,23-24H2,2-9H3/b25-19+,28-22+/t26-,27?,29?,30+,31?,32+,33?,34+,35?,37-,38?,39+,40?,44?/m0/s1. The zero-order valence-electron chi connectivity index (χ0n) is 35.0. The number of carbonyl (C=O) groups excluding carboxylic acids is 4. The average Bonchev–Trinajstić information content (AvgIpc) is 3.16. The predicted octanol–water partition coefficient (Wildman–Crippen LogP) is 5.26. The molecule has 12 heteroatoms. The van der Waals surface area contributed by atoms with Crippen molar-refractivity contribution in [3.8, 4) is 0 Å². The molecule has 8 unspecified atom stereocenters. The summed E-state index contributed by atoms with van der Waals surface area (Å²) in [6, 6.07) is -1.12. The summed E-state index contributed by atoms with van der Waals surface area (Å²) in [4.78, 5) is 57.8. The fourth-order valence-electron chi connectivity index (χ4n) is 9.45. The van der Waals surface area contributed by atoms with Crippen LogP contribution in [0.2, 0.25) is 0 Å².